The Bertz CT molecular complexity index is 1220. The van der Waals surface area contributed by atoms with Gasteiger partial charge in [0, 0.05) is 18.3 Å². The van der Waals surface area contributed by atoms with Crippen LogP contribution in [-0.4, -0.2) is 30.5 Å². The van der Waals surface area contributed by atoms with E-state index >= 15 is 0 Å². The van der Waals surface area contributed by atoms with Crippen LogP contribution < -0.4 is 5.32 Å². The Morgan fingerprint density at radius 2 is 1.87 bits per heavy atom. The summed E-state index contributed by atoms with van der Waals surface area (Å²) in [5.41, 5.74) is 6.03. The Hall–Kier alpha value is -3.00. The lowest BCUT2D eigenvalue weighted by Gasteiger charge is -2.14. The van der Waals surface area contributed by atoms with Gasteiger partial charge in [0.25, 0.3) is 5.91 Å². The van der Waals surface area contributed by atoms with E-state index < -0.39 is 0 Å². The number of benzene rings is 1. The van der Waals surface area contributed by atoms with Gasteiger partial charge in [0.1, 0.15) is 5.82 Å². The van der Waals surface area contributed by atoms with E-state index in [1.54, 1.807) is 22.1 Å². The number of carbonyl (C=O) groups excluding carboxylic acids is 1. The molecule has 5 rings (SSSR count). The van der Waals surface area contributed by atoms with Crippen molar-refractivity contribution in [3.8, 4) is 5.13 Å². The molecule has 0 saturated heterocycles. The first-order valence-corrected chi connectivity index (χ1v) is 11.2. The van der Waals surface area contributed by atoms with E-state index in [-0.39, 0.29) is 5.91 Å². The minimum Gasteiger partial charge on any atom is -0.305 e. The van der Waals surface area contributed by atoms with Crippen molar-refractivity contribution < 1.29 is 4.79 Å². The first-order chi connectivity index (χ1) is 14.5. The number of fused-ring (bicyclic) bond motifs is 2. The van der Waals surface area contributed by atoms with Gasteiger partial charge in [-0.1, -0.05) is 11.3 Å². The third kappa shape index (κ3) is 3.31. The summed E-state index contributed by atoms with van der Waals surface area (Å²) in [5.74, 6) is 0.355. The van der Waals surface area contributed by atoms with E-state index in [9.17, 15) is 4.79 Å². The molecule has 0 saturated carbocycles. The maximum Gasteiger partial charge on any atom is 0.277 e. The highest BCUT2D eigenvalue weighted by atomic mass is 32.1. The Morgan fingerprint density at radius 1 is 1.10 bits per heavy atom. The van der Waals surface area contributed by atoms with Crippen LogP contribution in [0.4, 0.5) is 5.82 Å². The number of amides is 1. The third-order valence-corrected chi connectivity index (χ3v) is 6.60. The molecule has 3 heterocycles. The lowest BCUT2D eigenvalue weighted by Crippen LogP contribution is -2.16. The molecule has 0 fully saturated rings. The van der Waals surface area contributed by atoms with Crippen molar-refractivity contribution >= 4 is 33.3 Å². The number of hydrogen-bond donors (Lipinski definition) is 1. The first-order valence-electron chi connectivity index (χ1n) is 10.4. The Balaban J connectivity index is 1.49. The Labute approximate surface area is 178 Å². The average Bonchev–Trinajstić information content (AvgIpc) is 3.41. The third-order valence-electron chi connectivity index (χ3n) is 5.61. The summed E-state index contributed by atoms with van der Waals surface area (Å²) < 4.78 is 4.70. The molecule has 0 radical (unpaired) electrons. The molecule has 1 N–H and O–H groups in total. The number of nitrogens with one attached hydrogen (secondary N) is 1. The van der Waals surface area contributed by atoms with Gasteiger partial charge in [0.15, 0.2) is 5.69 Å². The first kappa shape index (κ1) is 19.0. The van der Waals surface area contributed by atoms with E-state index in [1.165, 1.54) is 24.0 Å². The predicted molar refractivity (Wildman–Crippen MR) is 119 cm³/mol. The van der Waals surface area contributed by atoms with Gasteiger partial charge in [-0.05, 0) is 75.8 Å². The van der Waals surface area contributed by atoms with Crippen LogP contribution in [0.2, 0.25) is 0 Å². The maximum absolute atomic E-state index is 12.8. The summed E-state index contributed by atoms with van der Waals surface area (Å²) in [7, 11) is 0. The molecule has 0 aliphatic heterocycles. The molecule has 7 nitrogen and oxygen atoms in total. The summed E-state index contributed by atoms with van der Waals surface area (Å²) >= 11 is 1.60. The van der Waals surface area contributed by atoms with Crippen molar-refractivity contribution in [3.05, 3.63) is 52.5 Å². The van der Waals surface area contributed by atoms with Crippen molar-refractivity contribution in [1.29, 1.82) is 0 Å². The quantitative estimate of drug-likeness (QED) is 0.529. The van der Waals surface area contributed by atoms with Gasteiger partial charge in [-0.25, -0.2) is 4.98 Å². The Morgan fingerprint density at radius 3 is 2.60 bits per heavy atom. The topological polar surface area (TPSA) is 77.6 Å². The molecule has 1 aliphatic carbocycles. The molecule has 0 spiro atoms. The number of aromatic nitrogens is 5. The second-order valence-corrected chi connectivity index (χ2v) is 8.82. The van der Waals surface area contributed by atoms with Crippen LogP contribution in [0.1, 0.15) is 52.8 Å². The van der Waals surface area contributed by atoms with Crippen molar-refractivity contribution in [2.45, 2.75) is 53.0 Å². The zero-order valence-corrected chi connectivity index (χ0v) is 18.2. The summed E-state index contributed by atoms with van der Waals surface area (Å²) in [6.45, 7) is 6.59. The second-order valence-electron chi connectivity index (χ2n) is 7.82. The number of rotatable bonds is 4. The number of thiazole rings is 1. The predicted octanol–water partition coefficient (Wildman–Crippen LogP) is 4.45. The molecule has 154 valence electrons. The van der Waals surface area contributed by atoms with Crippen LogP contribution in [0.15, 0.2) is 24.3 Å². The van der Waals surface area contributed by atoms with Gasteiger partial charge in [-0.3, -0.25) is 9.48 Å². The summed E-state index contributed by atoms with van der Waals surface area (Å²) in [6, 6.07) is 8.16. The lowest BCUT2D eigenvalue weighted by molar-refractivity contribution is 0.102. The molecule has 0 unspecified atom stereocenters. The summed E-state index contributed by atoms with van der Waals surface area (Å²) in [4.78, 5) is 17.6. The van der Waals surface area contributed by atoms with E-state index in [2.05, 4.69) is 27.6 Å². The van der Waals surface area contributed by atoms with Crippen LogP contribution >= 0.6 is 11.3 Å². The molecule has 1 amide bonds. The highest BCUT2D eigenvalue weighted by Gasteiger charge is 2.19. The number of nitrogens with zero attached hydrogens (tertiary/aromatic N) is 5. The largest absolute Gasteiger partial charge is 0.305 e. The minimum absolute atomic E-state index is 0.247. The normalized spacial score (nSPS) is 13.6. The van der Waals surface area contributed by atoms with E-state index in [0.29, 0.717) is 11.5 Å². The van der Waals surface area contributed by atoms with E-state index in [4.69, 9.17) is 4.98 Å². The van der Waals surface area contributed by atoms with Crippen LogP contribution in [0.25, 0.3) is 15.3 Å². The highest BCUT2D eigenvalue weighted by Crippen LogP contribution is 2.32. The lowest BCUT2D eigenvalue weighted by atomic mass is 9.92. The SMILES string of the molecule is CCn1nc(C(=O)Nc2cc(C)nn2-c2nc3cc4c(cc3s2)CCCC4)cc1C. The monoisotopic (exact) mass is 420 g/mol. The number of carbonyl (C=O) groups is 1. The maximum atomic E-state index is 12.8. The highest BCUT2D eigenvalue weighted by molar-refractivity contribution is 7.20. The van der Waals surface area contributed by atoms with E-state index in [0.717, 1.165) is 46.1 Å². The average molecular weight is 421 g/mol. The molecule has 0 atom stereocenters. The summed E-state index contributed by atoms with van der Waals surface area (Å²) in [5, 5.41) is 12.7. The van der Waals surface area contributed by atoms with Crippen LogP contribution in [-0.2, 0) is 19.4 Å². The van der Waals surface area contributed by atoms with Crippen LogP contribution in [0.3, 0.4) is 0 Å². The van der Waals surface area contributed by atoms with Gasteiger partial charge in [0.2, 0.25) is 5.13 Å². The second kappa shape index (κ2) is 7.36. The van der Waals surface area contributed by atoms with Gasteiger partial charge in [-0.2, -0.15) is 14.9 Å². The number of hydrogen-bond acceptors (Lipinski definition) is 5. The van der Waals surface area contributed by atoms with Gasteiger partial charge < -0.3 is 5.32 Å². The standard InChI is InChI=1S/C22H24N6OS/c1-4-27-14(3)10-18(26-27)21(29)24-20-9-13(2)25-28(20)22-23-17-11-15-7-5-6-8-16(15)12-19(17)30-22/h9-12H,4-8H2,1-3H3,(H,24,29). The molecule has 0 bridgehead atoms. The fourth-order valence-electron chi connectivity index (χ4n) is 4.09. The van der Waals surface area contributed by atoms with Crippen molar-refractivity contribution in [3.63, 3.8) is 0 Å². The molecular weight excluding hydrogens is 396 g/mol. The van der Waals surface area contributed by atoms with Crippen molar-refractivity contribution in [1.82, 2.24) is 24.5 Å². The molecule has 8 heteroatoms. The van der Waals surface area contributed by atoms with Gasteiger partial charge in [0.05, 0.1) is 15.9 Å². The van der Waals surface area contributed by atoms with Crippen molar-refractivity contribution in [2.24, 2.45) is 0 Å². The molecule has 4 aromatic rings. The number of aryl methyl sites for hydroxylation is 5. The molecular formula is C22H24N6OS. The molecule has 1 aromatic carbocycles. The zero-order chi connectivity index (χ0) is 20.8. The van der Waals surface area contributed by atoms with Gasteiger partial charge >= 0.3 is 0 Å². The van der Waals surface area contributed by atoms with Crippen molar-refractivity contribution in [2.75, 3.05) is 5.32 Å². The molecule has 1 aliphatic rings. The minimum atomic E-state index is -0.247. The van der Waals surface area contributed by atoms with E-state index in [1.807, 2.05) is 31.5 Å². The van der Waals surface area contributed by atoms with Gasteiger partial charge in [-0.15, -0.1) is 0 Å². The van der Waals surface area contributed by atoms with Crippen LogP contribution in [0, 0.1) is 13.8 Å². The fraction of sp³-hybridized carbons (Fsp3) is 0.364. The number of anilines is 1. The zero-order valence-electron chi connectivity index (χ0n) is 17.4. The fourth-order valence-corrected chi connectivity index (χ4v) is 5.07. The summed E-state index contributed by atoms with van der Waals surface area (Å²) in [6.07, 6.45) is 4.78. The smallest absolute Gasteiger partial charge is 0.277 e. The van der Waals surface area contributed by atoms with Crippen LogP contribution in [0.5, 0.6) is 0 Å². The molecule has 3 aromatic heterocycles. The Kier molecular flexibility index (Phi) is 4.66. The molecule has 30 heavy (non-hydrogen) atoms.